The number of nitrogens with zero attached hydrogens (tertiary/aromatic N) is 5. The Labute approximate surface area is 189 Å². The largest absolute Gasteiger partial charge is 0.396 e. The van der Waals surface area contributed by atoms with E-state index >= 15 is 0 Å². The molecule has 0 aliphatic carbocycles. The molecule has 1 aliphatic rings. The number of benzene rings is 1. The minimum absolute atomic E-state index is 0.0914. The van der Waals surface area contributed by atoms with Gasteiger partial charge in [-0.3, -0.25) is 14.7 Å². The number of anilines is 1. The van der Waals surface area contributed by atoms with Crippen LogP contribution in [0.2, 0.25) is 10.0 Å². The van der Waals surface area contributed by atoms with Gasteiger partial charge in [-0.05, 0) is 30.7 Å². The van der Waals surface area contributed by atoms with Crippen molar-refractivity contribution in [3.05, 3.63) is 64.0 Å². The molecular formula is C21H21Cl2N5O3. The summed E-state index contributed by atoms with van der Waals surface area (Å²) in [6.45, 7) is 0.363. The van der Waals surface area contributed by atoms with Crippen molar-refractivity contribution >= 4 is 34.9 Å². The van der Waals surface area contributed by atoms with Crippen LogP contribution in [0.3, 0.4) is 0 Å². The predicted molar refractivity (Wildman–Crippen MR) is 118 cm³/mol. The molecule has 31 heavy (non-hydrogen) atoms. The van der Waals surface area contributed by atoms with Crippen LogP contribution in [0, 0.1) is 0 Å². The fraction of sp³-hybridized carbons (Fsp3) is 0.286. The van der Waals surface area contributed by atoms with Crippen molar-refractivity contribution in [2.45, 2.75) is 19.3 Å². The van der Waals surface area contributed by atoms with Crippen LogP contribution >= 0.6 is 23.2 Å². The first-order valence-corrected chi connectivity index (χ1v) is 10.5. The number of aliphatic hydroxyl groups excluding tert-OH is 2. The molecule has 0 fully saturated rings. The Morgan fingerprint density at radius 3 is 2.61 bits per heavy atom. The maximum Gasteiger partial charge on any atom is 0.277 e. The van der Waals surface area contributed by atoms with E-state index in [9.17, 15) is 15.0 Å². The van der Waals surface area contributed by atoms with E-state index in [-0.39, 0.29) is 25.6 Å². The highest BCUT2D eigenvalue weighted by atomic mass is 35.5. The van der Waals surface area contributed by atoms with Gasteiger partial charge >= 0.3 is 0 Å². The molecule has 1 amide bonds. The molecule has 1 aromatic carbocycles. The highest BCUT2D eigenvalue weighted by molar-refractivity contribution is 6.33. The van der Waals surface area contributed by atoms with Gasteiger partial charge in [0, 0.05) is 32.0 Å². The highest BCUT2D eigenvalue weighted by Gasteiger charge is 2.40. The van der Waals surface area contributed by atoms with Crippen molar-refractivity contribution < 1.29 is 15.0 Å². The molecule has 1 atom stereocenters. The van der Waals surface area contributed by atoms with E-state index in [4.69, 9.17) is 23.2 Å². The van der Waals surface area contributed by atoms with Crippen LogP contribution in [0.15, 0.2) is 42.6 Å². The average Bonchev–Trinajstić information content (AvgIpc) is 3.13. The fourth-order valence-corrected chi connectivity index (χ4v) is 3.91. The Morgan fingerprint density at radius 2 is 1.94 bits per heavy atom. The summed E-state index contributed by atoms with van der Waals surface area (Å²) in [5, 5.41) is 20.9. The molecule has 1 aliphatic heterocycles. The molecule has 0 radical (unpaired) electrons. The number of fused-ring (bicyclic) bond motifs is 1. The summed E-state index contributed by atoms with van der Waals surface area (Å²) in [4.78, 5) is 25.3. The number of carbonyl (C=O) groups is 1. The summed E-state index contributed by atoms with van der Waals surface area (Å²) in [5.74, 6) is 0.458. The summed E-state index contributed by atoms with van der Waals surface area (Å²) < 4.78 is 1.75. The topological polar surface area (TPSA) is 94.7 Å². The Hall–Kier alpha value is -2.65. The molecule has 2 N–H and O–H groups in total. The molecular weight excluding hydrogens is 441 g/mol. The molecule has 162 valence electrons. The van der Waals surface area contributed by atoms with Crippen molar-refractivity contribution in [2.24, 2.45) is 0 Å². The number of aliphatic hydroxyl groups is 2. The zero-order chi connectivity index (χ0) is 22.1. The summed E-state index contributed by atoms with van der Waals surface area (Å²) in [5.41, 5.74) is 1.66. The second-order valence-electron chi connectivity index (χ2n) is 7.17. The van der Waals surface area contributed by atoms with E-state index < -0.39 is 6.35 Å². The summed E-state index contributed by atoms with van der Waals surface area (Å²) in [6.07, 6.45) is 0.694. The molecule has 4 rings (SSSR count). The van der Waals surface area contributed by atoms with E-state index in [1.807, 2.05) is 18.2 Å². The number of aromatic nitrogens is 3. The molecule has 8 nitrogen and oxygen atoms in total. The van der Waals surface area contributed by atoms with E-state index in [0.29, 0.717) is 45.1 Å². The molecule has 0 saturated carbocycles. The van der Waals surface area contributed by atoms with Gasteiger partial charge < -0.3 is 19.7 Å². The number of rotatable bonds is 6. The van der Waals surface area contributed by atoms with Crippen LogP contribution in [0.1, 0.15) is 22.6 Å². The summed E-state index contributed by atoms with van der Waals surface area (Å²) >= 11 is 12.4. The van der Waals surface area contributed by atoms with Gasteiger partial charge in [0.15, 0.2) is 11.5 Å². The van der Waals surface area contributed by atoms with Gasteiger partial charge in [0.1, 0.15) is 5.82 Å². The second-order valence-corrected chi connectivity index (χ2v) is 8.02. The molecule has 0 saturated heterocycles. The molecule has 2 aromatic heterocycles. The van der Waals surface area contributed by atoms with Gasteiger partial charge in [0.2, 0.25) is 6.35 Å². The van der Waals surface area contributed by atoms with Gasteiger partial charge in [0.05, 0.1) is 22.3 Å². The lowest BCUT2D eigenvalue weighted by molar-refractivity contribution is 0.00113. The molecule has 3 aromatic rings. The Balaban J connectivity index is 1.89. The minimum Gasteiger partial charge on any atom is -0.396 e. The normalized spacial score (nSPS) is 16.0. The lowest BCUT2D eigenvalue weighted by Gasteiger charge is -2.38. The van der Waals surface area contributed by atoms with Crippen LogP contribution < -0.4 is 4.90 Å². The molecule has 1 unspecified atom stereocenters. The first kappa shape index (κ1) is 21.6. The smallest absolute Gasteiger partial charge is 0.277 e. The summed E-state index contributed by atoms with van der Waals surface area (Å²) in [6, 6.07) is 10.7. The number of hydrogen-bond donors (Lipinski definition) is 2. The van der Waals surface area contributed by atoms with E-state index in [0.717, 1.165) is 0 Å². The maximum absolute atomic E-state index is 13.4. The highest BCUT2D eigenvalue weighted by Crippen LogP contribution is 2.36. The average molecular weight is 462 g/mol. The molecule has 0 spiro atoms. The first-order chi connectivity index (χ1) is 14.9. The number of amides is 1. The van der Waals surface area contributed by atoms with Crippen LogP contribution in [-0.4, -0.2) is 62.1 Å². The third-order valence-corrected chi connectivity index (χ3v) is 5.71. The van der Waals surface area contributed by atoms with Gasteiger partial charge in [-0.1, -0.05) is 35.3 Å². The van der Waals surface area contributed by atoms with Crippen molar-refractivity contribution in [1.29, 1.82) is 0 Å². The quantitative estimate of drug-likeness (QED) is 0.585. The van der Waals surface area contributed by atoms with E-state index in [1.165, 1.54) is 9.80 Å². The second kappa shape index (κ2) is 8.84. The first-order valence-electron chi connectivity index (χ1n) is 9.71. The Morgan fingerprint density at radius 1 is 1.16 bits per heavy atom. The van der Waals surface area contributed by atoms with Crippen molar-refractivity contribution in [2.75, 3.05) is 25.1 Å². The van der Waals surface area contributed by atoms with Crippen molar-refractivity contribution in [3.8, 4) is 11.4 Å². The third kappa shape index (κ3) is 3.99. The lowest BCUT2D eigenvalue weighted by Crippen LogP contribution is -2.54. The van der Waals surface area contributed by atoms with Crippen LogP contribution in [-0.2, 0) is 6.54 Å². The standard InChI is InChI=1S/C21H21Cl2N5O3/c1-26-19-17(20(30)27(21(26)31)9-4-10-29)28(12-14-8-7-13(22)11-24-14)18(25-19)15-5-2-3-6-16(15)23/h2-3,5-8,11,21,29,31H,4,9-10,12H2,1H3. The number of pyridine rings is 1. The van der Waals surface area contributed by atoms with Gasteiger partial charge in [-0.25, -0.2) is 4.98 Å². The third-order valence-electron chi connectivity index (χ3n) is 5.15. The molecule has 0 bridgehead atoms. The SMILES string of the molecule is CN1c2nc(-c3ccccc3Cl)n(Cc3ccc(Cl)cn3)c2C(=O)N(CCCO)C1O. The van der Waals surface area contributed by atoms with Crippen LogP contribution in [0.4, 0.5) is 5.82 Å². The number of hydrogen-bond acceptors (Lipinski definition) is 6. The lowest BCUT2D eigenvalue weighted by atomic mass is 10.2. The molecule has 3 heterocycles. The predicted octanol–water partition coefficient (Wildman–Crippen LogP) is 2.85. The van der Waals surface area contributed by atoms with E-state index in [1.54, 1.807) is 36.0 Å². The number of carbonyl (C=O) groups excluding carboxylic acids is 1. The maximum atomic E-state index is 13.4. The number of imidazole rings is 1. The van der Waals surface area contributed by atoms with Crippen molar-refractivity contribution in [1.82, 2.24) is 19.4 Å². The Kier molecular flexibility index (Phi) is 6.15. The van der Waals surface area contributed by atoms with Crippen LogP contribution in [0.5, 0.6) is 0 Å². The minimum atomic E-state index is -1.19. The van der Waals surface area contributed by atoms with Gasteiger partial charge in [-0.15, -0.1) is 0 Å². The Bertz CT molecular complexity index is 1100. The van der Waals surface area contributed by atoms with Crippen molar-refractivity contribution in [3.63, 3.8) is 0 Å². The fourth-order valence-electron chi connectivity index (χ4n) is 3.58. The number of halogens is 2. The van der Waals surface area contributed by atoms with Gasteiger partial charge in [-0.2, -0.15) is 0 Å². The van der Waals surface area contributed by atoms with Gasteiger partial charge in [0.25, 0.3) is 5.91 Å². The van der Waals surface area contributed by atoms with E-state index in [2.05, 4.69) is 9.97 Å². The van der Waals surface area contributed by atoms with Crippen LogP contribution in [0.25, 0.3) is 11.4 Å². The summed E-state index contributed by atoms with van der Waals surface area (Å²) in [7, 11) is 1.66. The monoisotopic (exact) mass is 461 g/mol. The zero-order valence-electron chi connectivity index (χ0n) is 16.7. The molecule has 10 heteroatoms. The zero-order valence-corrected chi connectivity index (χ0v) is 18.3.